The third-order valence-electron chi connectivity index (χ3n) is 4.75. The number of nitrogens with zero attached hydrogens (tertiary/aromatic N) is 3. The highest BCUT2D eigenvalue weighted by Crippen LogP contribution is 2.31. The number of amides is 3. The van der Waals surface area contributed by atoms with E-state index in [-0.39, 0.29) is 35.9 Å². The molecular formula is C22H17FN4O4S. The fourth-order valence-corrected chi connectivity index (χ4v) is 4.05. The van der Waals surface area contributed by atoms with Crippen molar-refractivity contribution in [3.63, 3.8) is 0 Å². The highest BCUT2D eigenvalue weighted by atomic mass is 32.2. The van der Waals surface area contributed by atoms with Gasteiger partial charge in [-0.3, -0.25) is 28.8 Å². The Bertz CT molecular complexity index is 1300. The van der Waals surface area contributed by atoms with Gasteiger partial charge in [0, 0.05) is 18.5 Å². The summed E-state index contributed by atoms with van der Waals surface area (Å²) < 4.78 is 14.4. The molecule has 0 spiro atoms. The Morgan fingerprint density at radius 1 is 1.09 bits per heavy atom. The monoisotopic (exact) mass is 452 g/mol. The van der Waals surface area contributed by atoms with E-state index in [1.165, 1.54) is 35.0 Å². The van der Waals surface area contributed by atoms with Gasteiger partial charge in [-0.15, -0.1) is 0 Å². The number of thioether (sulfide) groups is 1. The summed E-state index contributed by atoms with van der Waals surface area (Å²) in [5.74, 6) is -1.23. The van der Waals surface area contributed by atoms with Crippen LogP contribution >= 0.6 is 11.8 Å². The molecule has 3 amide bonds. The van der Waals surface area contributed by atoms with Gasteiger partial charge < -0.3 is 5.32 Å². The minimum Gasteiger partial charge on any atom is -0.353 e. The van der Waals surface area contributed by atoms with Crippen LogP contribution in [-0.4, -0.2) is 44.8 Å². The Kier molecular flexibility index (Phi) is 6.13. The fraction of sp³-hybridized carbons (Fsp3) is 0.136. The molecule has 0 aliphatic carbocycles. The van der Waals surface area contributed by atoms with Crippen molar-refractivity contribution >= 4 is 45.8 Å². The number of hydrogen-bond acceptors (Lipinski definition) is 6. The molecule has 32 heavy (non-hydrogen) atoms. The first-order valence-electron chi connectivity index (χ1n) is 9.65. The predicted molar refractivity (Wildman–Crippen MR) is 118 cm³/mol. The van der Waals surface area contributed by atoms with Crippen molar-refractivity contribution < 1.29 is 18.8 Å². The molecule has 8 nitrogen and oxygen atoms in total. The van der Waals surface area contributed by atoms with Gasteiger partial charge in [0.15, 0.2) is 0 Å². The van der Waals surface area contributed by atoms with Crippen LogP contribution in [0.15, 0.2) is 64.4 Å². The van der Waals surface area contributed by atoms with Crippen LogP contribution in [0.5, 0.6) is 0 Å². The molecule has 4 rings (SSSR count). The zero-order chi connectivity index (χ0) is 22.7. The Hall–Kier alpha value is -3.79. The molecule has 0 atom stereocenters. The van der Waals surface area contributed by atoms with Gasteiger partial charge in [-0.25, -0.2) is 4.39 Å². The number of benzene rings is 2. The lowest BCUT2D eigenvalue weighted by Gasteiger charge is -2.14. The number of nitrogens with one attached hydrogen (secondary N) is 1. The van der Waals surface area contributed by atoms with Crippen molar-refractivity contribution in [3.8, 4) is 0 Å². The molecule has 3 aromatic rings. The first-order chi connectivity index (χ1) is 15.4. The van der Waals surface area contributed by atoms with Gasteiger partial charge in [0.25, 0.3) is 11.1 Å². The van der Waals surface area contributed by atoms with Crippen molar-refractivity contribution in [2.45, 2.75) is 6.54 Å². The van der Waals surface area contributed by atoms with E-state index < -0.39 is 17.0 Å². The number of fused-ring (bicyclic) bond motifs is 1. The molecular weight excluding hydrogens is 435 g/mol. The van der Waals surface area contributed by atoms with Crippen LogP contribution in [-0.2, 0) is 16.1 Å². The van der Waals surface area contributed by atoms with E-state index in [1.807, 2.05) is 0 Å². The van der Waals surface area contributed by atoms with Crippen LogP contribution in [0.1, 0.15) is 5.56 Å². The summed E-state index contributed by atoms with van der Waals surface area (Å²) >= 11 is 0.793. The van der Waals surface area contributed by atoms with Crippen molar-refractivity contribution in [2.75, 3.05) is 13.1 Å². The van der Waals surface area contributed by atoms with Crippen LogP contribution in [0.25, 0.3) is 17.0 Å². The summed E-state index contributed by atoms with van der Waals surface area (Å²) in [7, 11) is 0. The van der Waals surface area contributed by atoms with E-state index in [9.17, 15) is 23.6 Å². The van der Waals surface area contributed by atoms with Crippen LogP contribution in [0.4, 0.5) is 9.18 Å². The van der Waals surface area contributed by atoms with Crippen molar-refractivity contribution in [3.05, 3.63) is 81.2 Å². The van der Waals surface area contributed by atoms with Gasteiger partial charge >= 0.3 is 0 Å². The molecule has 2 aromatic carbocycles. The minimum absolute atomic E-state index is 0.00943. The summed E-state index contributed by atoms with van der Waals surface area (Å²) in [4.78, 5) is 50.2. The summed E-state index contributed by atoms with van der Waals surface area (Å²) in [6.07, 6.45) is 2.68. The molecule has 1 N–H and O–H groups in total. The maximum atomic E-state index is 13.0. The number of carbonyl (C=O) groups is 3. The highest BCUT2D eigenvalue weighted by Gasteiger charge is 2.34. The second-order valence-electron chi connectivity index (χ2n) is 6.92. The number of para-hydroxylation sites is 1. The van der Waals surface area contributed by atoms with Crippen LogP contribution < -0.4 is 10.7 Å². The van der Waals surface area contributed by atoms with Gasteiger partial charge in [-0.1, -0.05) is 24.3 Å². The van der Waals surface area contributed by atoms with E-state index in [2.05, 4.69) is 10.4 Å². The van der Waals surface area contributed by atoms with Gasteiger partial charge in [0.1, 0.15) is 12.4 Å². The average molecular weight is 452 g/mol. The Morgan fingerprint density at radius 3 is 2.62 bits per heavy atom. The molecule has 0 bridgehead atoms. The minimum atomic E-state index is -0.466. The number of hydrogen-bond donors (Lipinski definition) is 1. The lowest BCUT2D eigenvalue weighted by atomic mass is 10.2. The molecule has 10 heteroatoms. The topological polar surface area (TPSA) is 101 Å². The lowest BCUT2D eigenvalue weighted by Crippen LogP contribution is -2.38. The maximum Gasteiger partial charge on any atom is 0.293 e. The summed E-state index contributed by atoms with van der Waals surface area (Å²) in [5, 5.41) is 6.68. The molecule has 0 unspecified atom stereocenters. The summed E-state index contributed by atoms with van der Waals surface area (Å²) in [5.41, 5.74) is 0.906. The van der Waals surface area contributed by atoms with Crippen molar-refractivity contribution in [1.82, 2.24) is 20.0 Å². The first kappa shape index (κ1) is 21.4. The molecule has 162 valence electrons. The second kappa shape index (κ2) is 9.15. The molecule has 1 fully saturated rings. The van der Waals surface area contributed by atoms with E-state index >= 15 is 0 Å². The molecule has 1 aliphatic rings. The molecule has 1 aromatic heterocycles. The normalized spacial score (nSPS) is 15.0. The third kappa shape index (κ3) is 4.59. The number of rotatable bonds is 6. The summed E-state index contributed by atoms with van der Waals surface area (Å²) in [6, 6.07) is 12.4. The molecule has 1 aliphatic heterocycles. The third-order valence-corrected chi connectivity index (χ3v) is 5.66. The van der Waals surface area contributed by atoms with Gasteiger partial charge in [-0.2, -0.15) is 5.10 Å². The zero-order valence-electron chi connectivity index (χ0n) is 16.7. The van der Waals surface area contributed by atoms with Crippen LogP contribution in [0.3, 0.4) is 0 Å². The highest BCUT2D eigenvalue weighted by molar-refractivity contribution is 8.18. The maximum absolute atomic E-state index is 13.0. The number of halogens is 1. The largest absolute Gasteiger partial charge is 0.353 e. The number of carbonyl (C=O) groups excluding carboxylic acids is 3. The van der Waals surface area contributed by atoms with Crippen LogP contribution in [0.2, 0.25) is 0 Å². The first-order valence-corrected chi connectivity index (χ1v) is 10.5. The van der Waals surface area contributed by atoms with E-state index in [4.69, 9.17) is 0 Å². The van der Waals surface area contributed by atoms with Gasteiger partial charge in [-0.05, 0) is 47.7 Å². The van der Waals surface area contributed by atoms with E-state index in [0.29, 0.717) is 16.5 Å². The summed E-state index contributed by atoms with van der Waals surface area (Å²) in [6.45, 7) is -0.0402. The molecule has 1 saturated heterocycles. The smallest absolute Gasteiger partial charge is 0.293 e. The van der Waals surface area contributed by atoms with Crippen LogP contribution in [0, 0.1) is 5.82 Å². The van der Waals surface area contributed by atoms with Crippen molar-refractivity contribution in [1.29, 1.82) is 0 Å². The van der Waals surface area contributed by atoms with Gasteiger partial charge in [0.05, 0.1) is 16.6 Å². The Morgan fingerprint density at radius 2 is 1.84 bits per heavy atom. The molecule has 2 heterocycles. The second-order valence-corrected chi connectivity index (χ2v) is 7.91. The van der Waals surface area contributed by atoms with Crippen molar-refractivity contribution in [2.24, 2.45) is 0 Å². The Balaban J connectivity index is 1.35. The zero-order valence-corrected chi connectivity index (χ0v) is 17.5. The quantitative estimate of drug-likeness (QED) is 0.577. The SMILES string of the molecule is O=C(Cn1ncc(=O)c2ccccc21)NCCN1C(=O)S/C(=C\c2ccc(F)cc2)C1=O. The fourth-order valence-electron chi connectivity index (χ4n) is 3.19. The standard InChI is InChI=1S/C22H17FN4O4S/c23-15-7-5-14(6-8-15)11-19-21(30)26(22(31)32-19)10-9-24-20(29)13-27-17-4-2-1-3-16(17)18(28)12-25-27/h1-8,11-12H,9-10,13H2,(H,24,29)/b19-11-. The predicted octanol–water partition coefficient (Wildman–Crippen LogP) is 2.39. The molecule has 0 radical (unpaired) electrons. The number of imide groups is 1. The molecule has 0 saturated carbocycles. The van der Waals surface area contributed by atoms with Gasteiger partial charge in [0.2, 0.25) is 11.3 Å². The van der Waals surface area contributed by atoms with E-state index in [1.54, 1.807) is 24.3 Å². The van der Waals surface area contributed by atoms with E-state index in [0.717, 1.165) is 22.9 Å². The average Bonchev–Trinajstić information content (AvgIpc) is 3.05. The number of aromatic nitrogens is 2. The lowest BCUT2D eigenvalue weighted by molar-refractivity contribution is -0.124. The Labute approximate surface area is 185 Å².